The molecule has 0 N–H and O–H groups in total. The predicted octanol–water partition coefficient (Wildman–Crippen LogP) is 5.83. The second-order valence-electron chi connectivity index (χ2n) is 9.96. The van der Waals surface area contributed by atoms with Crippen molar-refractivity contribution in [3.63, 3.8) is 0 Å². The molecule has 0 radical (unpaired) electrons. The van der Waals surface area contributed by atoms with E-state index in [0.29, 0.717) is 11.8 Å². The van der Waals surface area contributed by atoms with E-state index in [1.54, 1.807) is 11.6 Å². The van der Waals surface area contributed by atoms with Crippen molar-refractivity contribution in [1.82, 2.24) is 4.40 Å². The number of rotatable bonds is 2. The molecule has 3 aromatic rings. The van der Waals surface area contributed by atoms with E-state index in [0.717, 1.165) is 11.9 Å². The van der Waals surface area contributed by atoms with Crippen molar-refractivity contribution in [3.8, 4) is 0 Å². The standard InChI is InChI=1S/C25H29NO/c1-15(2)13-16-7-6-8-18-20-14-17(27)10-12-26(20)23-22(21(16)18)19-9-11-25(23,5)24(19,3)4/h6-8,10,12,14-15,19H,9,11,13H2,1-5H3. The monoisotopic (exact) mass is 359 g/mol. The number of aromatic nitrogens is 1. The Balaban J connectivity index is 2.03. The van der Waals surface area contributed by atoms with Crippen LogP contribution in [0.1, 0.15) is 70.2 Å². The molecule has 5 rings (SSSR count). The fourth-order valence-corrected chi connectivity index (χ4v) is 6.20. The van der Waals surface area contributed by atoms with E-state index < -0.39 is 0 Å². The predicted molar refractivity (Wildman–Crippen MR) is 113 cm³/mol. The van der Waals surface area contributed by atoms with Crippen molar-refractivity contribution in [2.45, 2.75) is 65.2 Å². The number of nitrogens with zero attached hydrogens (tertiary/aromatic N) is 1. The van der Waals surface area contributed by atoms with Gasteiger partial charge in [-0.2, -0.15) is 0 Å². The molecule has 2 aliphatic carbocycles. The zero-order valence-electron chi connectivity index (χ0n) is 17.1. The molecule has 2 aliphatic rings. The summed E-state index contributed by atoms with van der Waals surface area (Å²) in [5, 5.41) is 2.69. The van der Waals surface area contributed by atoms with Crippen molar-refractivity contribution in [2.24, 2.45) is 11.3 Å². The zero-order chi connectivity index (χ0) is 19.1. The lowest BCUT2D eigenvalue weighted by atomic mass is 9.70. The normalized spacial score (nSPS) is 25.6. The van der Waals surface area contributed by atoms with E-state index in [4.69, 9.17) is 0 Å². The number of fused-ring (bicyclic) bond motifs is 10. The first-order valence-electron chi connectivity index (χ1n) is 10.4. The van der Waals surface area contributed by atoms with Crippen LogP contribution in [0.4, 0.5) is 0 Å². The topological polar surface area (TPSA) is 21.5 Å². The quantitative estimate of drug-likeness (QED) is 0.528. The molecule has 140 valence electrons. The summed E-state index contributed by atoms with van der Waals surface area (Å²) in [4.78, 5) is 12.2. The maximum Gasteiger partial charge on any atom is 0.182 e. The summed E-state index contributed by atoms with van der Waals surface area (Å²) in [6, 6.07) is 10.3. The Morgan fingerprint density at radius 2 is 1.96 bits per heavy atom. The molecular weight excluding hydrogens is 330 g/mol. The van der Waals surface area contributed by atoms with E-state index in [1.165, 1.54) is 34.9 Å². The Morgan fingerprint density at radius 3 is 2.70 bits per heavy atom. The van der Waals surface area contributed by atoms with Gasteiger partial charge in [0.1, 0.15) is 0 Å². The van der Waals surface area contributed by atoms with Crippen LogP contribution >= 0.6 is 0 Å². The van der Waals surface area contributed by atoms with E-state index in [9.17, 15) is 4.79 Å². The second kappa shape index (κ2) is 5.25. The van der Waals surface area contributed by atoms with Crippen LogP contribution in [0, 0.1) is 11.3 Å². The summed E-state index contributed by atoms with van der Waals surface area (Å²) in [6.45, 7) is 11.9. The molecule has 0 amide bonds. The first-order chi connectivity index (χ1) is 12.8. The summed E-state index contributed by atoms with van der Waals surface area (Å²) >= 11 is 0. The third-order valence-corrected chi connectivity index (χ3v) is 7.84. The molecule has 1 fully saturated rings. The molecule has 2 heterocycles. The van der Waals surface area contributed by atoms with E-state index in [-0.39, 0.29) is 16.3 Å². The Hall–Kier alpha value is -2.09. The van der Waals surface area contributed by atoms with E-state index in [1.807, 2.05) is 12.3 Å². The average Bonchev–Trinajstić information content (AvgIpc) is 2.93. The van der Waals surface area contributed by atoms with E-state index >= 15 is 0 Å². The van der Waals surface area contributed by atoms with Gasteiger partial charge in [-0.3, -0.25) is 4.79 Å². The molecule has 0 aliphatic heterocycles. The molecule has 0 spiro atoms. The van der Waals surface area contributed by atoms with Gasteiger partial charge in [0.15, 0.2) is 5.43 Å². The summed E-state index contributed by atoms with van der Waals surface area (Å²) in [7, 11) is 0. The van der Waals surface area contributed by atoms with Gasteiger partial charge in [-0.05, 0) is 53.0 Å². The van der Waals surface area contributed by atoms with Crippen molar-refractivity contribution in [1.29, 1.82) is 0 Å². The molecule has 2 unspecified atom stereocenters. The van der Waals surface area contributed by atoms with Gasteiger partial charge in [-0.1, -0.05) is 52.8 Å². The van der Waals surface area contributed by atoms with Crippen LogP contribution in [0.3, 0.4) is 0 Å². The van der Waals surface area contributed by atoms with E-state index in [2.05, 4.69) is 57.2 Å². The van der Waals surface area contributed by atoms with Crippen LogP contribution in [0.2, 0.25) is 0 Å². The highest BCUT2D eigenvalue weighted by Crippen LogP contribution is 2.68. The highest BCUT2D eigenvalue weighted by atomic mass is 16.1. The number of hydrogen-bond donors (Lipinski definition) is 0. The largest absolute Gasteiger partial charge is 0.319 e. The van der Waals surface area contributed by atoms with Crippen LogP contribution in [-0.2, 0) is 11.8 Å². The molecule has 2 heteroatoms. The summed E-state index contributed by atoms with van der Waals surface area (Å²) < 4.78 is 2.35. The second-order valence-corrected chi connectivity index (χ2v) is 9.96. The van der Waals surface area contributed by atoms with Crippen LogP contribution in [0.15, 0.2) is 41.3 Å². The molecule has 2 aromatic heterocycles. The van der Waals surface area contributed by atoms with Crippen LogP contribution in [0.5, 0.6) is 0 Å². The number of pyridine rings is 2. The number of benzene rings is 1. The Kier molecular flexibility index (Phi) is 3.31. The molecule has 2 nitrogen and oxygen atoms in total. The van der Waals surface area contributed by atoms with Gasteiger partial charge in [-0.25, -0.2) is 0 Å². The fourth-order valence-electron chi connectivity index (χ4n) is 6.20. The van der Waals surface area contributed by atoms with Gasteiger partial charge in [0, 0.05) is 34.8 Å². The van der Waals surface area contributed by atoms with Crippen molar-refractivity contribution < 1.29 is 0 Å². The summed E-state index contributed by atoms with van der Waals surface area (Å²) in [5.74, 6) is 1.21. The molecular formula is C25H29NO. The van der Waals surface area contributed by atoms with Crippen LogP contribution in [0.25, 0.3) is 16.3 Å². The van der Waals surface area contributed by atoms with Crippen molar-refractivity contribution in [3.05, 3.63) is 63.6 Å². The van der Waals surface area contributed by atoms with Gasteiger partial charge in [0.05, 0.1) is 5.52 Å². The third kappa shape index (κ3) is 1.99. The highest BCUT2D eigenvalue weighted by Gasteiger charge is 2.61. The molecule has 1 aromatic carbocycles. The Morgan fingerprint density at radius 1 is 1.19 bits per heavy atom. The Labute approximate surface area is 161 Å². The van der Waals surface area contributed by atoms with Gasteiger partial charge < -0.3 is 4.40 Å². The summed E-state index contributed by atoms with van der Waals surface area (Å²) in [6.07, 6.45) is 5.61. The fraction of sp³-hybridized carbons (Fsp3) is 0.480. The van der Waals surface area contributed by atoms with Crippen molar-refractivity contribution >= 4 is 16.3 Å². The summed E-state index contributed by atoms with van der Waals surface area (Å²) in [5.41, 5.74) is 6.04. The average molecular weight is 360 g/mol. The first kappa shape index (κ1) is 17.0. The van der Waals surface area contributed by atoms with Crippen molar-refractivity contribution in [2.75, 3.05) is 0 Å². The lowest BCUT2D eigenvalue weighted by Crippen LogP contribution is -2.33. The minimum atomic E-state index is 0.0954. The lowest BCUT2D eigenvalue weighted by Gasteiger charge is -2.35. The van der Waals surface area contributed by atoms with Gasteiger partial charge in [-0.15, -0.1) is 0 Å². The number of hydrogen-bond acceptors (Lipinski definition) is 1. The maximum absolute atomic E-state index is 12.2. The van der Waals surface area contributed by atoms with Gasteiger partial charge >= 0.3 is 0 Å². The highest BCUT2D eigenvalue weighted by molar-refractivity contribution is 6.01. The molecule has 2 bridgehead atoms. The SMILES string of the molecule is CC(C)Cc1cccc2c1c1c(n3ccc(=O)cc23)C2(C)CCC1C2(C)C. The van der Waals surface area contributed by atoms with Gasteiger partial charge in [0.25, 0.3) is 0 Å². The minimum Gasteiger partial charge on any atom is -0.319 e. The van der Waals surface area contributed by atoms with Gasteiger partial charge in [0.2, 0.25) is 0 Å². The molecule has 27 heavy (non-hydrogen) atoms. The maximum atomic E-state index is 12.2. The first-order valence-corrected chi connectivity index (χ1v) is 10.4. The third-order valence-electron chi connectivity index (χ3n) is 7.84. The Bertz CT molecular complexity index is 1150. The molecule has 2 atom stereocenters. The zero-order valence-corrected chi connectivity index (χ0v) is 17.1. The smallest absolute Gasteiger partial charge is 0.182 e. The molecule has 1 saturated carbocycles. The van der Waals surface area contributed by atoms with Crippen LogP contribution in [-0.4, -0.2) is 4.40 Å². The lowest BCUT2D eigenvalue weighted by molar-refractivity contribution is 0.226. The molecule has 0 saturated heterocycles. The minimum absolute atomic E-state index is 0.0954. The van der Waals surface area contributed by atoms with Crippen LogP contribution < -0.4 is 5.43 Å².